The van der Waals surface area contributed by atoms with Crippen LogP contribution in [0, 0.1) is 0 Å². The number of benzene rings is 1. The van der Waals surface area contributed by atoms with Crippen molar-refractivity contribution in [3.05, 3.63) is 29.8 Å². The summed E-state index contributed by atoms with van der Waals surface area (Å²) in [5.74, 6) is 0.866. The van der Waals surface area contributed by atoms with Gasteiger partial charge in [-0.15, -0.1) is 0 Å². The van der Waals surface area contributed by atoms with Crippen LogP contribution < -0.4 is 10.1 Å². The Balaban J connectivity index is 2.74. The molecule has 120 valence electrons. The predicted molar refractivity (Wildman–Crippen MR) is 85.9 cm³/mol. The van der Waals surface area contributed by atoms with Gasteiger partial charge in [-0.05, 0) is 33.3 Å². The summed E-state index contributed by atoms with van der Waals surface area (Å²) in [5.41, 5.74) is 1.13. The van der Waals surface area contributed by atoms with Gasteiger partial charge < -0.3 is 19.5 Å². The van der Waals surface area contributed by atoms with Crippen molar-refractivity contribution in [2.24, 2.45) is 0 Å². The van der Waals surface area contributed by atoms with Crippen LogP contribution in [-0.2, 0) is 9.47 Å². The highest BCUT2D eigenvalue weighted by Crippen LogP contribution is 2.27. The third-order valence-electron chi connectivity index (χ3n) is 3.12. The maximum absolute atomic E-state index is 6.05. The zero-order chi connectivity index (χ0) is 15.7. The van der Waals surface area contributed by atoms with Crippen LogP contribution in [0.25, 0.3) is 0 Å². The smallest absolute Gasteiger partial charge is 0.124 e. The zero-order valence-corrected chi connectivity index (χ0v) is 13.9. The molecule has 4 heteroatoms. The van der Waals surface area contributed by atoms with Gasteiger partial charge >= 0.3 is 0 Å². The van der Waals surface area contributed by atoms with Gasteiger partial charge in [0.05, 0.1) is 13.2 Å². The quantitative estimate of drug-likeness (QED) is 0.710. The Morgan fingerprint density at radius 3 is 2.43 bits per heavy atom. The highest BCUT2D eigenvalue weighted by Gasteiger charge is 2.19. The minimum absolute atomic E-state index is 0.0303. The molecule has 1 atom stereocenters. The van der Waals surface area contributed by atoms with E-state index in [1.165, 1.54) is 0 Å². The van der Waals surface area contributed by atoms with E-state index in [2.05, 4.69) is 32.2 Å². The number of ether oxygens (including phenoxy) is 3. The first-order valence-corrected chi connectivity index (χ1v) is 7.46. The van der Waals surface area contributed by atoms with E-state index in [0.717, 1.165) is 24.3 Å². The Morgan fingerprint density at radius 2 is 1.81 bits per heavy atom. The molecule has 0 amide bonds. The van der Waals surface area contributed by atoms with Crippen molar-refractivity contribution in [1.29, 1.82) is 0 Å². The van der Waals surface area contributed by atoms with Crippen molar-refractivity contribution < 1.29 is 14.2 Å². The van der Waals surface area contributed by atoms with Crippen LogP contribution >= 0.6 is 0 Å². The lowest BCUT2D eigenvalue weighted by Gasteiger charge is -2.26. The molecule has 0 aliphatic heterocycles. The van der Waals surface area contributed by atoms with Crippen molar-refractivity contribution in [3.63, 3.8) is 0 Å². The van der Waals surface area contributed by atoms with Gasteiger partial charge in [-0.25, -0.2) is 0 Å². The van der Waals surface area contributed by atoms with E-state index in [0.29, 0.717) is 13.2 Å². The SMILES string of the molecule is COCCCOC(CNC(C)(C)C)c1ccccc1OC. The van der Waals surface area contributed by atoms with Gasteiger partial charge in [0, 0.05) is 38.0 Å². The van der Waals surface area contributed by atoms with Crippen LogP contribution in [0.3, 0.4) is 0 Å². The average Bonchev–Trinajstić information content (AvgIpc) is 2.45. The lowest BCUT2D eigenvalue weighted by Crippen LogP contribution is -2.39. The largest absolute Gasteiger partial charge is 0.496 e. The van der Waals surface area contributed by atoms with Crippen molar-refractivity contribution >= 4 is 0 Å². The average molecular weight is 295 g/mol. The molecule has 0 radical (unpaired) electrons. The maximum atomic E-state index is 6.05. The van der Waals surface area contributed by atoms with E-state index in [4.69, 9.17) is 14.2 Å². The number of para-hydroxylation sites is 1. The van der Waals surface area contributed by atoms with E-state index in [1.807, 2.05) is 18.2 Å². The molecule has 0 spiro atoms. The Morgan fingerprint density at radius 1 is 1.10 bits per heavy atom. The molecule has 0 aromatic heterocycles. The van der Waals surface area contributed by atoms with E-state index < -0.39 is 0 Å². The second-order valence-corrected chi connectivity index (χ2v) is 6.08. The van der Waals surface area contributed by atoms with Crippen molar-refractivity contribution in [3.8, 4) is 5.75 Å². The van der Waals surface area contributed by atoms with Gasteiger partial charge in [0.1, 0.15) is 5.75 Å². The van der Waals surface area contributed by atoms with Gasteiger partial charge in [0.2, 0.25) is 0 Å². The molecule has 0 saturated heterocycles. The van der Waals surface area contributed by atoms with Gasteiger partial charge in [-0.1, -0.05) is 18.2 Å². The molecule has 0 aliphatic rings. The summed E-state index contributed by atoms with van der Waals surface area (Å²) in [5, 5.41) is 3.50. The summed E-state index contributed by atoms with van der Waals surface area (Å²) in [7, 11) is 3.40. The van der Waals surface area contributed by atoms with Gasteiger partial charge in [0.15, 0.2) is 0 Å². The maximum Gasteiger partial charge on any atom is 0.124 e. The molecule has 1 aromatic carbocycles. The second kappa shape index (κ2) is 9.03. The van der Waals surface area contributed by atoms with Crippen LogP contribution in [0.4, 0.5) is 0 Å². The molecule has 0 bridgehead atoms. The van der Waals surface area contributed by atoms with E-state index in [9.17, 15) is 0 Å². The Labute approximate surface area is 128 Å². The number of methoxy groups -OCH3 is 2. The highest BCUT2D eigenvalue weighted by atomic mass is 16.5. The summed E-state index contributed by atoms with van der Waals surface area (Å²) in [6.45, 7) is 8.58. The van der Waals surface area contributed by atoms with Crippen LogP contribution in [0.5, 0.6) is 5.75 Å². The van der Waals surface area contributed by atoms with Crippen molar-refractivity contribution in [1.82, 2.24) is 5.32 Å². The highest BCUT2D eigenvalue weighted by molar-refractivity contribution is 5.35. The summed E-state index contributed by atoms with van der Waals surface area (Å²) < 4.78 is 16.6. The van der Waals surface area contributed by atoms with Crippen LogP contribution in [0.1, 0.15) is 38.9 Å². The van der Waals surface area contributed by atoms with Crippen molar-refractivity contribution in [2.45, 2.75) is 38.8 Å². The van der Waals surface area contributed by atoms with E-state index >= 15 is 0 Å². The Hall–Kier alpha value is -1.10. The topological polar surface area (TPSA) is 39.7 Å². The monoisotopic (exact) mass is 295 g/mol. The molecule has 1 aromatic rings. The van der Waals surface area contributed by atoms with Gasteiger partial charge in [0.25, 0.3) is 0 Å². The van der Waals surface area contributed by atoms with Gasteiger partial charge in [-0.2, -0.15) is 0 Å². The number of hydrogen-bond donors (Lipinski definition) is 1. The number of rotatable bonds is 9. The van der Waals surface area contributed by atoms with Crippen LogP contribution in [-0.4, -0.2) is 39.5 Å². The van der Waals surface area contributed by atoms with E-state index in [1.54, 1.807) is 14.2 Å². The fraction of sp³-hybridized carbons (Fsp3) is 0.647. The molecule has 0 heterocycles. The first-order chi connectivity index (χ1) is 9.98. The molecular formula is C17H29NO3. The Kier molecular flexibility index (Phi) is 7.72. The summed E-state index contributed by atoms with van der Waals surface area (Å²) in [4.78, 5) is 0. The minimum atomic E-state index is -0.0303. The summed E-state index contributed by atoms with van der Waals surface area (Å²) >= 11 is 0. The molecule has 1 N–H and O–H groups in total. The lowest BCUT2D eigenvalue weighted by molar-refractivity contribution is 0.0340. The predicted octanol–water partition coefficient (Wildman–Crippen LogP) is 3.18. The molecule has 4 nitrogen and oxygen atoms in total. The fourth-order valence-electron chi connectivity index (χ4n) is 2.02. The first-order valence-electron chi connectivity index (χ1n) is 7.46. The normalized spacial score (nSPS) is 13.2. The molecule has 0 saturated carbocycles. The summed E-state index contributed by atoms with van der Waals surface area (Å²) in [6.07, 6.45) is 0.856. The molecule has 1 unspecified atom stereocenters. The number of nitrogens with one attached hydrogen (secondary N) is 1. The second-order valence-electron chi connectivity index (χ2n) is 6.08. The zero-order valence-electron chi connectivity index (χ0n) is 13.9. The number of hydrogen-bond acceptors (Lipinski definition) is 4. The Bertz CT molecular complexity index is 401. The molecule has 21 heavy (non-hydrogen) atoms. The minimum Gasteiger partial charge on any atom is -0.496 e. The standard InChI is InChI=1S/C17H29NO3/c1-17(2,3)18-13-16(21-12-8-11-19-4)14-9-6-7-10-15(14)20-5/h6-7,9-10,16,18H,8,11-13H2,1-5H3. The third kappa shape index (κ3) is 6.93. The van der Waals surface area contributed by atoms with Crippen LogP contribution in [0.2, 0.25) is 0 Å². The first kappa shape index (κ1) is 18.0. The molecule has 0 fully saturated rings. The summed E-state index contributed by atoms with van der Waals surface area (Å²) in [6, 6.07) is 8.02. The fourth-order valence-corrected chi connectivity index (χ4v) is 2.02. The molecular weight excluding hydrogens is 266 g/mol. The van der Waals surface area contributed by atoms with Crippen LogP contribution in [0.15, 0.2) is 24.3 Å². The lowest BCUT2D eigenvalue weighted by atomic mass is 10.1. The van der Waals surface area contributed by atoms with E-state index in [-0.39, 0.29) is 11.6 Å². The molecule has 0 aliphatic carbocycles. The molecule has 1 rings (SSSR count). The van der Waals surface area contributed by atoms with Crippen molar-refractivity contribution in [2.75, 3.05) is 34.0 Å². The third-order valence-corrected chi connectivity index (χ3v) is 3.12. The van der Waals surface area contributed by atoms with Gasteiger partial charge in [-0.3, -0.25) is 0 Å².